The van der Waals surface area contributed by atoms with Gasteiger partial charge < -0.3 is 19.5 Å². The van der Waals surface area contributed by atoms with Crippen LogP contribution in [0.3, 0.4) is 0 Å². The number of nitro groups is 1. The highest BCUT2D eigenvalue weighted by atomic mass is 33.1. The summed E-state index contributed by atoms with van der Waals surface area (Å²) in [7, 11) is 3.93. The Kier molecular flexibility index (Phi) is 9.59. The first-order valence-corrected chi connectivity index (χ1v) is 13.7. The zero-order chi connectivity index (χ0) is 28.0. The number of nitro benzene ring substituents is 1. The average Bonchev–Trinajstić information content (AvgIpc) is 2.89. The number of non-ortho nitro benzene ring substituents is 1. The molecular formula is C26H26N2O8S2. The van der Waals surface area contributed by atoms with E-state index >= 15 is 0 Å². The molecule has 0 aromatic heterocycles. The quantitative estimate of drug-likeness (QED) is 0.174. The number of carbonyl (C=O) groups excluding carboxylic acids is 2. The summed E-state index contributed by atoms with van der Waals surface area (Å²) in [6, 6.07) is 12.2. The molecule has 2 aromatic carbocycles. The normalized spacial score (nSPS) is 15.4. The highest BCUT2D eigenvalue weighted by Crippen LogP contribution is 2.50. The number of hydrogen-bond acceptors (Lipinski definition) is 10. The maximum Gasteiger partial charge on any atom is 0.337 e. The summed E-state index contributed by atoms with van der Waals surface area (Å²) in [6.45, 7) is 5.13. The van der Waals surface area contributed by atoms with Crippen molar-refractivity contribution in [3.63, 3.8) is 0 Å². The van der Waals surface area contributed by atoms with E-state index < -0.39 is 28.7 Å². The van der Waals surface area contributed by atoms with E-state index in [1.165, 1.54) is 24.3 Å². The number of aromatic carboxylic acids is 1. The van der Waals surface area contributed by atoms with Crippen LogP contribution in [0, 0.1) is 10.1 Å². The van der Waals surface area contributed by atoms with E-state index in [0.717, 1.165) is 21.6 Å². The van der Waals surface area contributed by atoms with Crippen molar-refractivity contribution in [2.24, 2.45) is 0 Å². The molecule has 1 unspecified atom stereocenters. The second kappa shape index (κ2) is 12.7. The Labute approximate surface area is 227 Å². The van der Waals surface area contributed by atoms with Crippen molar-refractivity contribution >= 4 is 45.2 Å². The molecule has 0 bridgehead atoms. The molecule has 2 aromatic rings. The van der Waals surface area contributed by atoms with Crippen molar-refractivity contribution in [3.8, 4) is 0 Å². The summed E-state index contributed by atoms with van der Waals surface area (Å²) in [5.41, 5.74) is 0.947. The fourth-order valence-electron chi connectivity index (χ4n) is 3.93. The third-order valence-corrected chi connectivity index (χ3v) is 8.27. The van der Waals surface area contributed by atoms with Gasteiger partial charge in [0.1, 0.15) is 0 Å². The second-order valence-electron chi connectivity index (χ2n) is 7.97. The highest BCUT2D eigenvalue weighted by Gasteiger charge is 2.41. The topological polar surface area (TPSA) is 136 Å². The second-order valence-corrected chi connectivity index (χ2v) is 10.1. The third-order valence-electron chi connectivity index (χ3n) is 5.74. The van der Waals surface area contributed by atoms with E-state index in [-0.39, 0.29) is 35.6 Å². The van der Waals surface area contributed by atoms with Crippen LogP contribution in [0.5, 0.6) is 0 Å². The van der Waals surface area contributed by atoms with Crippen molar-refractivity contribution < 1.29 is 33.9 Å². The zero-order valence-electron chi connectivity index (χ0n) is 21.1. The number of carboxylic acids is 1. The Morgan fingerprint density at radius 2 is 1.63 bits per heavy atom. The molecule has 0 saturated carbocycles. The molecule has 10 nitrogen and oxygen atoms in total. The monoisotopic (exact) mass is 558 g/mol. The third kappa shape index (κ3) is 6.03. The van der Waals surface area contributed by atoms with E-state index in [4.69, 9.17) is 9.47 Å². The highest BCUT2D eigenvalue weighted by molar-refractivity contribution is 8.78. The summed E-state index contributed by atoms with van der Waals surface area (Å²) in [6.07, 6.45) is 0. The van der Waals surface area contributed by atoms with Crippen molar-refractivity contribution in [1.82, 2.24) is 4.90 Å². The minimum atomic E-state index is -1.10. The van der Waals surface area contributed by atoms with E-state index in [0.29, 0.717) is 21.2 Å². The fourth-order valence-corrected chi connectivity index (χ4v) is 6.57. The molecule has 200 valence electrons. The van der Waals surface area contributed by atoms with Gasteiger partial charge in [0, 0.05) is 29.8 Å². The van der Waals surface area contributed by atoms with Crippen LogP contribution in [0.1, 0.15) is 42.6 Å². The smallest absolute Gasteiger partial charge is 0.337 e. The Morgan fingerprint density at radius 1 is 1.00 bits per heavy atom. The van der Waals surface area contributed by atoms with Gasteiger partial charge in [-0.15, -0.1) is 0 Å². The van der Waals surface area contributed by atoms with Gasteiger partial charge in [-0.3, -0.25) is 10.1 Å². The van der Waals surface area contributed by atoms with Crippen molar-refractivity contribution in [1.29, 1.82) is 0 Å². The molecule has 1 aliphatic rings. The largest absolute Gasteiger partial charge is 0.478 e. The van der Waals surface area contributed by atoms with E-state index in [9.17, 15) is 29.6 Å². The first-order chi connectivity index (χ1) is 18.1. The van der Waals surface area contributed by atoms with Crippen molar-refractivity contribution in [2.75, 3.05) is 20.3 Å². The van der Waals surface area contributed by atoms with Crippen LogP contribution in [0.25, 0.3) is 0 Å². The van der Waals surface area contributed by atoms with Crippen LogP contribution in [-0.2, 0) is 19.1 Å². The maximum atomic E-state index is 13.4. The first kappa shape index (κ1) is 28.8. The summed E-state index contributed by atoms with van der Waals surface area (Å²) in [5, 5.41) is 21.5. The molecule has 0 fully saturated rings. The predicted octanol–water partition coefficient (Wildman–Crippen LogP) is 5.37. The number of carboxylic acid groups (broad SMARTS) is 1. The van der Waals surface area contributed by atoms with Gasteiger partial charge in [-0.25, -0.2) is 14.4 Å². The lowest BCUT2D eigenvalue weighted by Crippen LogP contribution is -2.33. The van der Waals surface area contributed by atoms with Gasteiger partial charge in [0.05, 0.1) is 45.8 Å². The number of nitrogens with zero attached hydrogens (tertiary/aromatic N) is 2. The lowest BCUT2D eigenvalue weighted by Gasteiger charge is -2.36. The molecule has 0 spiro atoms. The van der Waals surface area contributed by atoms with Crippen molar-refractivity contribution in [3.05, 3.63) is 91.6 Å². The Bertz CT molecular complexity index is 1340. The van der Waals surface area contributed by atoms with Gasteiger partial charge >= 0.3 is 17.9 Å². The molecule has 1 N–H and O–H groups in total. The summed E-state index contributed by atoms with van der Waals surface area (Å²) in [4.78, 5) is 51.4. The molecule has 38 heavy (non-hydrogen) atoms. The standard InChI is InChI=1S/C26H26N2O8S2/c1-5-35-25(31)20-15(3)27(4)23(38-37-19-13-8-7-12-18(19)24(29)30)22(26(32)36-6-2)21(20)16-10-9-11-17(14-16)28(33)34/h7-14,21H,5-6H2,1-4H3,(H,29,30). The van der Waals surface area contributed by atoms with Crippen LogP contribution in [0.4, 0.5) is 5.69 Å². The number of esters is 2. The van der Waals surface area contributed by atoms with Gasteiger partial charge in [0.2, 0.25) is 0 Å². The molecule has 3 rings (SSSR count). The lowest BCUT2D eigenvalue weighted by atomic mass is 9.81. The number of allylic oxidation sites excluding steroid dienone is 1. The minimum Gasteiger partial charge on any atom is -0.478 e. The molecule has 1 atom stereocenters. The van der Waals surface area contributed by atoms with E-state index in [1.54, 1.807) is 57.0 Å². The molecule has 1 aliphatic heterocycles. The van der Waals surface area contributed by atoms with Crippen molar-refractivity contribution in [2.45, 2.75) is 31.6 Å². The number of hydrogen-bond donors (Lipinski definition) is 1. The molecule has 0 amide bonds. The van der Waals surface area contributed by atoms with Crippen LogP contribution in [0.2, 0.25) is 0 Å². The number of benzene rings is 2. The fraction of sp³-hybridized carbons (Fsp3) is 0.269. The molecule has 12 heteroatoms. The molecule has 1 heterocycles. The van der Waals surface area contributed by atoms with Gasteiger partial charge in [-0.2, -0.15) is 0 Å². The Morgan fingerprint density at radius 3 is 2.24 bits per heavy atom. The average molecular weight is 559 g/mol. The zero-order valence-corrected chi connectivity index (χ0v) is 22.8. The molecule has 0 radical (unpaired) electrons. The van der Waals surface area contributed by atoms with Crippen LogP contribution in [0.15, 0.2) is 75.3 Å². The molecular weight excluding hydrogens is 532 g/mol. The van der Waals surface area contributed by atoms with Crippen LogP contribution < -0.4 is 0 Å². The van der Waals surface area contributed by atoms with Crippen LogP contribution in [-0.4, -0.2) is 53.1 Å². The summed E-state index contributed by atoms with van der Waals surface area (Å²) in [5.74, 6) is -3.50. The number of rotatable bonds is 10. The summed E-state index contributed by atoms with van der Waals surface area (Å²) >= 11 is 0. The first-order valence-electron chi connectivity index (χ1n) is 11.6. The lowest BCUT2D eigenvalue weighted by molar-refractivity contribution is -0.384. The van der Waals surface area contributed by atoms with Gasteiger partial charge in [-0.1, -0.05) is 35.1 Å². The molecule has 0 aliphatic carbocycles. The predicted molar refractivity (Wildman–Crippen MR) is 143 cm³/mol. The SMILES string of the molecule is CCOC(=O)C1=C(C)N(C)C(SSc2ccccc2C(=O)O)=C(C(=O)OCC)C1c1cccc([N+](=O)[O-])c1. The van der Waals surface area contributed by atoms with E-state index in [2.05, 4.69) is 0 Å². The molecule has 0 saturated heterocycles. The number of ether oxygens (including phenoxy) is 2. The van der Waals surface area contributed by atoms with Gasteiger partial charge in [-0.05, 0) is 49.3 Å². The number of carbonyl (C=O) groups is 3. The maximum absolute atomic E-state index is 13.4. The summed E-state index contributed by atoms with van der Waals surface area (Å²) < 4.78 is 10.7. The van der Waals surface area contributed by atoms with Crippen LogP contribution >= 0.6 is 21.6 Å². The Hall–Kier alpha value is -3.77. The van der Waals surface area contributed by atoms with Gasteiger partial charge in [0.15, 0.2) is 0 Å². The van der Waals surface area contributed by atoms with E-state index in [1.807, 2.05) is 0 Å². The minimum absolute atomic E-state index is 0.0536. The van der Waals surface area contributed by atoms with Gasteiger partial charge in [0.25, 0.3) is 5.69 Å². The Balaban J connectivity index is 2.25.